The number of hydrogen-bond donors (Lipinski definition) is 1. The molecule has 0 atom stereocenters. The Bertz CT molecular complexity index is 426. The molecular formula is C12H18IN3O. The smallest absolute Gasteiger partial charge is 0.266 e. The van der Waals surface area contributed by atoms with Gasteiger partial charge >= 0.3 is 0 Å². The zero-order valence-electron chi connectivity index (χ0n) is 10.1. The molecule has 1 aliphatic rings. The average molecular weight is 347 g/mol. The van der Waals surface area contributed by atoms with Crippen molar-refractivity contribution in [3.05, 3.63) is 20.3 Å². The maximum Gasteiger partial charge on any atom is 0.266 e. The van der Waals surface area contributed by atoms with Crippen LogP contribution in [0.5, 0.6) is 0 Å². The lowest BCUT2D eigenvalue weighted by molar-refractivity contribution is 0.415. The first-order chi connectivity index (χ1) is 8.24. The second-order valence-electron chi connectivity index (χ2n) is 4.45. The first-order valence-corrected chi connectivity index (χ1v) is 7.31. The summed E-state index contributed by atoms with van der Waals surface area (Å²) < 4.78 is 0.706. The van der Waals surface area contributed by atoms with Crippen LogP contribution in [0.2, 0.25) is 0 Å². The molecule has 17 heavy (non-hydrogen) atoms. The van der Waals surface area contributed by atoms with E-state index in [1.807, 2.05) is 0 Å². The van der Waals surface area contributed by atoms with Gasteiger partial charge in [0.2, 0.25) is 0 Å². The van der Waals surface area contributed by atoms with E-state index < -0.39 is 0 Å². The molecular weight excluding hydrogens is 329 g/mol. The fraction of sp³-hybridized carbons (Fsp3) is 0.667. The molecule has 1 aliphatic carbocycles. The molecule has 94 valence electrons. The third kappa shape index (κ3) is 2.81. The Morgan fingerprint density at radius 2 is 2.18 bits per heavy atom. The Balaban J connectivity index is 2.27. The molecule has 1 aromatic heterocycles. The number of anilines is 1. The fourth-order valence-electron chi connectivity index (χ4n) is 2.55. The normalized spacial score (nSPS) is 17.1. The zero-order valence-corrected chi connectivity index (χ0v) is 12.2. The van der Waals surface area contributed by atoms with Gasteiger partial charge in [0, 0.05) is 12.6 Å². The number of halogens is 1. The monoisotopic (exact) mass is 347 g/mol. The molecule has 0 aliphatic heterocycles. The highest BCUT2D eigenvalue weighted by molar-refractivity contribution is 14.1. The summed E-state index contributed by atoms with van der Waals surface area (Å²) in [6.45, 7) is 3.05. The van der Waals surface area contributed by atoms with Gasteiger partial charge in [0.05, 0.1) is 6.33 Å². The number of hydrogen-bond acceptors (Lipinski definition) is 3. The van der Waals surface area contributed by atoms with Crippen molar-refractivity contribution in [1.82, 2.24) is 9.97 Å². The third-order valence-corrected chi connectivity index (χ3v) is 4.38. The predicted molar refractivity (Wildman–Crippen MR) is 77.5 cm³/mol. The molecule has 0 spiro atoms. The number of nitrogens with zero attached hydrogens (tertiary/aromatic N) is 2. The van der Waals surface area contributed by atoms with E-state index in [0.29, 0.717) is 9.61 Å². The highest BCUT2D eigenvalue weighted by atomic mass is 127. The molecule has 0 bridgehead atoms. The molecule has 0 aromatic carbocycles. The van der Waals surface area contributed by atoms with Crippen molar-refractivity contribution in [2.24, 2.45) is 0 Å². The maximum absolute atomic E-state index is 11.6. The molecule has 1 heterocycles. The summed E-state index contributed by atoms with van der Waals surface area (Å²) in [7, 11) is 0. The van der Waals surface area contributed by atoms with Crippen LogP contribution in [0.25, 0.3) is 0 Å². The SMILES string of the molecule is CCN(c1nc[nH]c(=O)c1I)C1CCCCC1. The van der Waals surface area contributed by atoms with Gasteiger partial charge in [0.1, 0.15) is 9.39 Å². The number of aromatic nitrogens is 2. The summed E-state index contributed by atoms with van der Waals surface area (Å²) in [6, 6.07) is 0.552. The van der Waals surface area contributed by atoms with E-state index in [9.17, 15) is 4.79 Å². The van der Waals surface area contributed by atoms with Gasteiger partial charge < -0.3 is 9.88 Å². The van der Waals surface area contributed by atoms with Crippen LogP contribution in [0.15, 0.2) is 11.1 Å². The van der Waals surface area contributed by atoms with E-state index in [2.05, 4.69) is 44.4 Å². The van der Waals surface area contributed by atoms with Gasteiger partial charge in [-0.25, -0.2) is 4.98 Å². The maximum atomic E-state index is 11.6. The summed E-state index contributed by atoms with van der Waals surface area (Å²) in [5.41, 5.74) is -0.0372. The molecule has 4 nitrogen and oxygen atoms in total. The Kier molecular flexibility index (Phi) is 4.42. The Hall–Kier alpha value is -0.590. The summed E-state index contributed by atoms with van der Waals surface area (Å²) in [4.78, 5) is 20.9. The Labute approximate surface area is 115 Å². The van der Waals surface area contributed by atoms with Crippen molar-refractivity contribution >= 4 is 28.4 Å². The van der Waals surface area contributed by atoms with Gasteiger partial charge in [-0.15, -0.1) is 0 Å². The summed E-state index contributed by atoms with van der Waals surface area (Å²) in [5.74, 6) is 0.851. The minimum Gasteiger partial charge on any atom is -0.353 e. The van der Waals surface area contributed by atoms with Crippen LogP contribution in [0.1, 0.15) is 39.0 Å². The minimum absolute atomic E-state index is 0.0372. The predicted octanol–water partition coefficient (Wildman–Crippen LogP) is 2.53. The lowest BCUT2D eigenvalue weighted by Gasteiger charge is -2.34. The van der Waals surface area contributed by atoms with Gasteiger partial charge in [-0.2, -0.15) is 0 Å². The molecule has 1 aromatic rings. The second kappa shape index (κ2) is 5.84. The topological polar surface area (TPSA) is 49.0 Å². The number of nitrogens with one attached hydrogen (secondary N) is 1. The second-order valence-corrected chi connectivity index (χ2v) is 5.53. The van der Waals surface area contributed by atoms with Gasteiger partial charge in [0.15, 0.2) is 0 Å². The molecule has 1 fully saturated rings. The van der Waals surface area contributed by atoms with E-state index >= 15 is 0 Å². The average Bonchev–Trinajstić information content (AvgIpc) is 2.37. The standard InChI is InChI=1S/C12H18IN3O/c1-2-16(9-6-4-3-5-7-9)11-10(13)12(17)15-8-14-11/h8-9H,2-7H2,1H3,(H,14,15,17). The molecule has 0 radical (unpaired) electrons. The summed E-state index contributed by atoms with van der Waals surface area (Å²) in [5, 5.41) is 0. The number of H-pyrrole nitrogens is 1. The van der Waals surface area contributed by atoms with Gasteiger partial charge in [-0.1, -0.05) is 19.3 Å². The lowest BCUT2D eigenvalue weighted by Crippen LogP contribution is -2.38. The van der Waals surface area contributed by atoms with Crippen molar-refractivity contribution in [2.45, 2.75) is 45.1 Å². The highest BCUT2D eigenvalue weighted by Crippen LogP contribution is 2.27. The van der Waals surface area contributed by atoms with Crippen LogP contribution >= 0.6 is 22.6 Å². The van der Waals surface area contributed by atoms with E-state index in [-0.39, 0.29) is 5.56 Å². The Morgan fingerprint density at radius 1 is 1.47 bits per heavy atom. The molecule has 5 heteroatoms. The van der Waals surface area contributed by atoms with E-state index in [1.54, 1.807) is 0 Å². The molecule has 0 amide bonds. The number of rotatable bonds is 3. The summed E-state index contributed by atoms with van der Waals surface area (Å²) in [6.07, 6.45) is 7.87. The van der Waals surface area contributed by atoms with Crippen molar-refractivity contribution < 1.29 is 0 Å². The van der Waals surface area contributed by atoms with Crippen LogP contribution in [-0.2, 0) is 0 Å². The van der Waals surface area contributed by atoms with Crippen LogP contribution in [-0.4, -0.2) is 22.6 Å². The van der Waals surface area contributed by atoms with Crippen LogP contribution in [0, 0.1) is 3.57 Å². The van der Waals surface area contributed by atoms with Crippen molar-refractivity contribution in [2.75, 3.05) is 11.4 Å². The fourth-order valence-corrected chi connectivity index (χ4v) is 3.15. The van der Waals surface area contributed by atoms with Crippen LogP contribution in [0.3, 0.4) is 0 Å². The first-order valence-electron chi connectivity index (χ1n) is 6.24. The van der Waals surface area contributed by atoms with Crippen LogP contribution in [0.4, 0.5) is 5.82 Å². The van der Waals surface area contributed by atoms with Crippen LogP contribution < -0.4 is 10.5 Å². The van der Waals surface area contributed by atoms with Crippen molar-refractivity contribution in [3.63, 3.8) is 0 Å². The van der Waals surface area contributed by atoms with Crippen molar-refractivity contribution in [1.29, 1.82) is 0 Å². The quantitative estimate of drug-likeness (QED) is 0.855. The van der Waals surface area contributed by atoms with Gasteiger partial charge in [-0.3, -0.25) is 4.79 Å². The molecule has 1 saturated carbocycles. The highest BCUT2D eigenvalue weighted by Gasteiger charge is 2.23. The molecule has 0 saturated heterocycles. The van der Waals surface area contributed by atoms with E-state index in [0.717, 1.165) is 12.4 Å². The molecule has 2 rings (SSSR count). The minimum atomic E-state index is -0.0372. The Morgan fingerprint density at radius 3 is 2.82 bits per heavy atom. The zero-order chi connectivity index (χ0) is 12.3. The summed E-state index contributed by atoms with van der Waals surface area (Å²) >= 11 is 2.09. The third-order valence-electron chi connectivity index (χ3n) is 3.41. The molecule has 0 unspecified atom stereocenters. The molecule has 1 N–H and O–H groups in total. The van der Waals surface area contributed by atoms with Gasteiger partial charge in [0.25, 0.3) is 5.56 Å². The van der Waals surface area contributed by atoms with E-state index in [1.165, 1.54) is 38.4 Å². The largest absolute Gasteiger partial charge is 0.353 e. The first kappa shape index (κ1) is 12.9. The lowest BCUT2D eigenvalue weighted by atomic mass is 9.94. The number of aromatic amines is 1. The van der Waals surface area contributed by atoms with Crippen molar-refractivity contribution in [3.8, 4) is 0 Å². The van der Waals surface area contributed by atoms with E-state index in [4.69, 9.17) is 0 Å². The van der Waals surface area contributed by atoms with Gasteiger partial charge in [-0.05, 0) is 42.4 Å².